The standard InChI is InChI=1S/C23H17ClN4O2S/c24-19-9-2-1-8-18(19)23-27-17(14-31-23)13-21(29)26-16-7-5-6-15(12-16)22(30)28-20-10-3-4-11-25-20/h1-12,14H,13H2,(H,26,29)(H,25,28,30). The largest absolute Gasteiger partial charge is 0.326 e. The normalized spacial score (nSPS) is 10.5. The lowest BCUT2D eigenvalue weighted by molar-refractivity contribution is -0.115. The van der Waals surface area contributed by atoms with Gasteiger partial charge in [0.15, 0.2) is 0 Å². The zero-order valence-electron chi connectivity index (χ0n) is 16.2. The number of thiazole rings is 1. The number of aromatic nitrogens is 2. The molecule has 4 aromatic rings. The predicted octanol–water partition coefficient (Wildman–Crippen LogP) is 5.29. The van der Waals surface area contributed by atoms with E-state index in [4.69, 9.17) is 11.6 Å². The molecule has 0 aliphatic carbocycles. The molecule has 0 unspecified atom stereocenters. The van der Waals surface area contributed by atoms with Gasteiger partial charge < -0.3 is 10.6 Å². The summed E-state index contributed by atoms with van der Waals surface area (Å²) in [5.74, 6) is -0.0724. The summed E-state index contributed by atoms with van der Waals surface area (Å²) in [7, 11) is 0. The van der Waals surface area contributed by atoms with Crippen LogP contribution in [0.4, 0.5) is 11.5 Å². The molecule has 0 aliphatic rings. The molecule has 0 saturated heterocycles. The number of hydrogen-bond donors (Lipinski definition) is 2. The molecule has 0 aliphatic heterocycles. The molecule has 0 radical (unpaired) electrons. The van der Waals surface area contributed by atoms with Crippen LogP contribution in [0.5, 0.6) is 0 Å². The minimum absolute atomic E-state index is 0.116. The highest BCUT2D eigenvalue weighted by Crippen LogP contribution is 2.30. The molecule has 0 bridgehead atoms. The highest BCUT2D eigenvalue weighted by molar-refractivity contribution is 7.13. The van der Waals surface area contributed by atoms with E-state index in [2.05, 4.69) is 20.6 Å². The van der Waals surface area contributed by atoms with Gasteiger partial charge in [0.05, 0.1) is 17.1 Å². The number of halogens is 1. The fourth-order valence-electron chi connectivity index (χ4n) is 2.88. The van der Waals surface area contributed by atoms with Crippen molar-refractivity contribution in [2.24, 2.45) is 0 Å². The van der Waals surface area contributed by atoms with Gasteiger partial charge in [-0.1, -0.05) is 41.9 Å². The lowest BCUT2D eigenvalue weighted by atomic mass is 10.2. The lowest BCUT2D eigenvalue weighted by Gasteiger charge is -2.08. The Labute approximate surface area is 188 Å². The van der Waals surface area contributed by atoms with Gasteiger partial charge in [0.2, 0.25) is 5.91 Å². The second kappa shape index (κ2) is 9.51. The second-order valence-corrected chi connectivity index (χ2v) is 7.86. The number of anilines is 2. The maximum Gasteiger partial charge on any atom is 0.256 e. The molecule has 2 heterocycles. The Kier molecular flexibility index (Phi) is 6.35. The Hall–Kier alpha value is -3.55. The van der Waals surface area contributed by atoms with E-state index in [0.29, 0.717) is 27.8 Å². The first-order valence-corrected chi connectivity index (χ1v) is 10.7. The van der Waals surface area contributed by atoms with Crippen LogP contribution in [-0.2, 0) is 11.2 Å². The van der Waals surface area contributed by atoms with Gasteiger partial charge in [-0.25, -0.2) is 9.97 Å². The van der Waals surface area contributed by atoms with Crippen molar-refractivity contribution in [3.8, 4) is 10.6 Å². The van der Waals surface area contributed by atoms with Crippen LogP contribution >= 0.6 is 22.9 Å². The smallest absolute Gasteiger partial charge is 0.256 e. The van der Waals surface area contributed by atoms with E-state index in [1.165, 1.54) is 11.3 Å². The van der Waals surface area contributed by atoms with Crippen LogP contribution < -0.4 is 10.6 Å². The SMILES string of the molecule is O=C(Cc1csc(-c2ccccc2Cl)n1)Nc1cccc(C(=O)Nc2ccccn2)c1. The number of amides is 2. The van der Waals surface area contributed by atoms with Gasteiger partial charge in [0, 0.05) is 28.4 Å². The predicted molar refractivity (Wildman–Crippen MR) is 124 cm³/mol. The summed E-state index contributed by atoms with van der Waals surface area (Å²) in [6.07, 6.45) is 1.72. The van der Waals surface area contributed by atoms with Crippen molar-refractivity contribution < 1.29 is 9.59 Å². The van der Waals surface area contributed by atoms with Crippen LogP contribution in [0.25, 0.3) is 10.6 Å². The Balaban J connectivity index is 1.40. The van der Waals surface area contributed by atoms with E-state index >= 15 is 0 Å². The summed E-state index contributed by atoms with van der Waals surface area (Å²) < 4.78 is 0. The third kappa shape index (κ3) is 5.33. The Morgan fingerprint density at radius 2 is 1.81 bits per heavy atom. The first-order chi connectivity index (χ1) is 15.1. The lowest BCUT2D eigenvalue weighted by Crippen LogP contribution is -2.16. The highest BCUT2D eigenvalue weighted by Gasteiger charge is 2.12. The van der Waals surface area contributed by atoms with Crippen molar-refractivity contribution in [3.05, 3.63) is 94.6 Å². The maximum atomic E-state index is 12.5. The molecular weight excluding hydrogens is 432 g/mol. The van der Waals surface area contributed by atoms with Crippen molar-refractivity contribution in [2.75, 3.05) is 10.6 Å². The van der Waals surface area contributed by atoms with E-state index in [-0.39, 0.29) is 18.2 Å². The molecule has 4 rings (SSSR count). The van der Waals surface area contributed by atoms with Gasteiger partial charge in [0.1, 0.15) is 10.8 Å². The van der Waals surface area contributed by atoms with Crippen LogP contribution in [0.2, 0.25) is 5.02 Å². The molecule has 0 atom stereocenters. The quantitative estimate of drug-likeness (QED) is 0.419. The number of nitrogens with zero attached hydrogens (tertiary/aromatic N) is 2. The van der Waals surface area contributed by atoms with Crippen LogP contribution in [0.3, 0.4) is 0 Å². The van der Waals surface area contributed by atoms with E-state index in [9.17, 15) is 9.59 Å². The molecule has 2 amide bonds. The van der Waals surface area contributed by atoms with Crippen molar-refractivity contribution >= 4 is 46.3 Å². The van der Waals surface area contributed by atoms with Crippen LogP contribution in [0.15, 0.2) is 78.3 Å². The van der Waals surface area contributed by atoms with Gasteiger partial charge >= 0.3 is 0 Å². The van der Waals surface area contributed by atoms with Crippen molar-refractivity contribution in [3.63, 3.8) is 0 Å². The molecular formula is C23H17ClN4O2S. The number of carbonyl (C=O) groups is 2. The molecule has 31 heavy (non-hydrogen) atoms. The fourth-order valence-corrected chi connectivity index (χ4v) is 4.02. The van der Waals surface area contributed by atoms with Crippen LogP contribution in [-0.4, -0.2) is 21.8 Å². The zero-order valence-corrected chi connectivity index (χ0v) is 17.8. The van der Waals surface area contributed by atoms with E-state index in [1.807, 2.05) is 29.6 Å². The fraction of sp³-hybridized carbons (Fsp3) is 0.0435. The summed E-state index contributed by atoms with van der Waals surface area (Å²) in [5.41, 5.74) is 2.44. The van der Waals surface area contributed by atoms with Gasteiger partial charge in [-0.15, -0.1) is 11.3 Å². The second-order valence-electron chi connectivity index (χ2n) is 6.60. The first kappa shape index (κ1) is 20.7. The number of carbonyl (C=O) groups excluding carboxylic acids is 2. The minimum Gasteiger partial charge on any atom is -0.326 e. The Morgan fingerprint density at radius 3 is 2.61 bits per heavy atom. The van der Waals surface area contributed by atoms with Crippen molar-refractivity contribution in [1.82, 2.24) is 9.97 Å². The molecule has 2 aromatic carbocycles. The molecule has 2 N–H and O–H groups in total. The Morgan fingerprint density at radius 1 is 0.968 bits per heavy atom. The van der Waals surface area contributed by atoms with Crippen molar-refractivity contribution in [2.45, 2.75) is 6.42 Å². The van der Waals surface area contributed by atoms with Gasteiger partial charge in [-0.3, -0.25) is 9.59 Å². The van der Waals surface area contributed by atoms with Gasteiger partial charge in [-0.05, 0) is 36.4 Å². The summed E-state index contributed by atoms with van der Waals surface area (Å²) in [4.78, 5) is 33.5. The average molecular weight is 449 g/mol. The highest BCUT2D eigenvalue weighted by atomic mass is 35.5. The molecule has 2 aromatic heterocycles. The molecule has 0 saturated carbocycles. The van der Waals surface area contributed by atoms with E-state index < -0.39 is 0 Å². The van der Waals surface area contributed by atoms with Gasteiger partial charge in [0.25, 0.3) is 5.91 Å². The Bertz CT molecular complexity index is 1230. The number of benzene rings is 2. The zero-order chi connectivity index (χ0) is 21.6. The topological polar surface area (TPSA) is 84.0 Å². The molecule has 0 fully saturated rings. The third-order valence-corrected chi connectivity index (χ3v) is 5.57. The van der Waals surface area contributed by atoms with Crippen molar-refractivity contribution in [1.29, 1.82) is 0 Å². The average Bonchev–Trinajstić information content (AvgIpc) is 3.23. The van der Waals surface area contributed by atoms with Crippen LogP contribution in [0, 0.1) is 0 Å². The summed E-state index contributed by atoms with van der Waals surface area (Å²) in [6.45, 7) is 0. The third-order valence-electron chi connectivity index (χ3n) is 4.31. The number of hydrogen-bond acceptors (Lipinski definition) is 5. The molecule has 6 nitrogen and oxygen atoms in total. The minimum atomic E-state index is -0.307. The molecule has 154 valence electrons. The number of pyridine rings is 1. The van der Waals surface area contributed by atoms with Gasteiger partial charge in [-0.2, -0.15) is 0 Å². The van der Waals surface area contributed by atoms with E-state index in [0.717, 1.165) is 10.6 Å². The molecule has 8 heteroatoms. The summed E-state index contributed by atoms with van der Waals surface area (Å²) >= 11 is 7.66. The number of nitrogens with one attached hydrogen (secondary N) is 2. The van der Waals surface area contributed by atoms with Crippen LogP contribution in [0.1, 0.15) is 16.1 Å². The van der Waals surface area contributed by atoms with E-state index in [1.54, 1.807) is 48.7 Å². The maximum absolute atomic E-state index is 12.5. The summed E-state index contributed by atoms with van der Waals surface area (Å²) in [6, 6.07) is 19.4. The number of rotatable bonds is 6. The monoisotopic (exact) mass is 448 g/mol. The summed E-state index contributed by atoms with van der Waals surface area (Å²) in [5, 5.41) is 8.76. The first-order valence-electron chi connectivity index (χ1n) is 9.40. The molecule has 0 spiro atoms.